The normalized spacial score (nSPS) is 24.5. The zero-order valence-electron chi connectivity index (χ0n) is 26.5. The summed E-state index contributed by atoms with van der Waals surface area (Å²) in [6.45, 7) is 15.5. The Morgan fingerprint density at radius 1 is 1.09 bits per heavy atom. The van der Waals surface area contributed by atoms with Gasteiger partial charge in [-0.15, -0.1) is 11.3 Å². The predicted molar refractivity (Wildman–Crippen MR) is 164 cm³/mol. The third-order valence-corrected chi connectivity index (χ3v) is 10.1. The van der Waals surface area contributed by atoms with Crippen molar-refractivity contribution in [3.8, 4) is 0 Å². The molecule has 5 heterocycles. The van der Waals surface area contributed by atoms with Crippen LogP contribution in [0.5, 0.6) is 0 Å². The van der Waals surface area contributed by atoms with Crippen LogP contribution in [0.15, 0.2) is 0 Å². The molecule has 12 heteroatoms. The lowest BCUT2D eigenvalue weighted by Gasteiger charge is -2.45. The van der Waals surface area contributed by atoms with E-state index in [-0.39, 0.29) is 24.0 Å². The molecule has 238 valence electrons. The molecule has 1 aromatic rings. The number of carbonyl (C=O) groups excluding carboxylic acids is 4. The highest BCUT2D eigenvalue weighted by Gasteiger charge is 2.54. The van der Waals surface area contributed by atoms with E-state index in [1.807, 2.05) is 46.4 Å². The number of urea groups is 1. The average Bonchev–Trinajstić information content (AvgIpc) is 3.38. The van der Waals surface area contributed by atoms with Crippen molar-refractivity contribution in [1.82, 2.24) is 20.0 Å². The first-order chi connectivity index (χ1) is 20.2. The number of cyclic esters (lactones) is 1. The molecule has 4 amide bonds. The predicted octanol–water partition coefficient (Wildman–Crippen LogP) is 4.60. The van der Waals surface area contributed by atoms with E-state index >= 15 is 0 Å². The summed E-state index contributed by atoms with van der Waals surface area (Å²) in [7, 11) is 0. The molecule has 0 aromatic carbocycles. The number of nitrogens with zero attached hydrogens (tertiary/aromatic N) is 3. The fourth-order valence-electron chi connectivity index (χ4n) is 7.17. The Balaban J connectivity index is 1.29. The van der Waals surface area contributed by atoms with Crippen molar-refractivity contribution in [2.45, 2.75) is 104 Å². The average molecular weight is 618 g/mol. The fourth-order valence-corrected chi connectivity index (χ4v) is 8.42. The maximum atomic E-state index is 14.1. The molecular formula is C31H47N5O6S. The second kappa shape index (κ2) is 11.9. The molecule has 3 saturated heterocycles. The largest absolute Gasteiger partial charge is 0.459 e. The Morgan fingerprint density at radius 3 is 2.44 bits per heavy atom. The summed E-state index contributed by atoms with van der Waals surface area (Å²) in [5, 5.41) is 6.18. The molecule has 0 bridgehead atoms. The first-order valence-electron chi connectivity index (χ1n) is 15.6. The van der Waals surface area contributed by atoms with Gasteiger partial charge in [0.05, 0.1) is 17.5 Å². The Morgan fingerprint density at radius 2 is 1.81 bits per heavy atom. The van der Waals surface area contributed by atoms with Crippen molar-refractivity contribution >= 4 is 40.3 Å². The molecule has 0 radical (unpaired) electrons. The number of hydrogen-bond donors (Lipinski definition) is 2. The summed E-state index contributed by atoms with van der Waals surface area (Å²) >= 11 is 1.36. The number of thiophene rings is 1. The minimum Gasteiger partial charge on any atom is -0.459 e. The molecule has 1 unspecified atom stereocenters. The van der Waals surface area contributed by atoms with E-state index < -0.39 is 16.6 Å². The molecule has 3 fully saturated rings. The van der Waals surface area contributed by atoms with Crippen LogP contribution in [0.3, 0.4) is 0 Å². The number of fused-ring (bicyclic) bond motifs is 1. The van der Waals surface area contributed by atoms with Gasteiger partial charge in [-0.25, -0.2) is 9.59 Å². The van der Waals surface area contributed by atoms with Gasteiger partial charge in [0.2, 0.25) is 0 Å². The zero-order chi connectivity index (χ0) is 31.2. The van der Waals surface area contributed by atoms with Crippen molar-refractivity contribution in [3.05, 3.63) is 16.0 Å². The molecule has 4 aliphatic heterocycles. The highest BCUT2D eigenvalue weighted by molar-refractivity contribution is 7.17. The highest BCUT2D eigenvalue weighted by Crippen LogP contribution is 2.47. The van der Waals surface area contributed by atoms with E-state index in [2.05, 4.69) is 15.5 Å². The molecule has 2 N–H and O–H groups in total. The molecule has 1 spiro atoms. The van der Waals surface area contributed by atoms with Gasteiger partial charge in [0, 0.05) is 50.1 Å². The fraction of sp³-hybridized carbons (Fsp3) is 0.742. The van der Waals surface area contributed by atoms with Crippen LogP contribution in [-0.2, 0) is 27.2 Å². The first-order valence-corrected chi connectivity index (χ1v) is 16.5. The van der Waals surface area contributed by atoms with Gasteiger partial charge in [0.15, 0.2) is 0 Å². The number of carbonyl (C=O) groups is 4. The monoisotopic (exact) mass is 617 g/mol. The third-order valence-electron chi connectivity index (χ3n) is 8.93. The van der Waals surface area contributed by atoms with Gasteiger partial charge in [0.25, 0.3) is 5.91 Å². The number of esters is 1. The van der Waals surface area contributed by atoms with Crippen LogP contribution in [0.25, 0.3) is 0 Å². The summed E-state index contributed by atoms with van der Waals surface area (Å²) in [4.78, 5) is 59.2. The third kappa shape index (κ3) is 6.79. The van der Waals surface area contributed by atoms with Crippen LogP contribution in [0.4, 0.5) is 14.6 Å². The lowest BCUT2D eigenvalue weighted by molar-refractivity contribution is -0.154. The minimum absolute atomic E-state index is 0.0607. The number of anilines is 1. The summed E-state index contributed by atoms with van der Waals surface area (Å²) in [6.07, 6.45) is 4.40. The smallest absolute Gasteiger partial charge is 0.410 e. The van der Waals surface area contributed by atoms with Gasteiger partial charge in [-0.3, -0.25) is 19.8 Å². The Kier molecular flexibility index (Phi) is 8.74. The SMILES string of the molecule is CCNC(=O)Nc1sc2c(c1C(=O)N1CCC(N3CCCC4(C3)CC(C)(C)OC4=O)CC1)CCN(C(=O)OC(C)(C)C)C2. The van der Waals surface area contributed by atoms with E-state index in [9.17, 15) is 19.2 Å². The topological polar surface area (TPSA) is 121 Å². The van der Waals surface area contributed by atoms with Crippen LogP contribution in [0.1, 0.15) is 94.4 Å². The van der Waals surface area contributed by atoms with E-state index in [1.165, 1.54) is 11.3 Å². The van der Waals surface area contributed by atoms with Gasteiger partial charge in [-0.1, -0.05) is 0 Å². The molecule has 5 rings (SSSR count). The second-order valence-electron chi connectivity index (χ2n) is 14.0. The van der Waals surface area contributed by atoms with Crippen molar-refractivity contribution in [3.63, 3.8) is 0 Å². The Bertz CT molecular complexity index is 1260. The van der Waals surface area contributed by atoms with Crippen molar-refractivity contribution < 1.29 is 28.7 Å². The van der Waals surface area contributed by atoms with E-state index in [4.69, 9.17) is 9.47 Å². The number of piperidine rings is 2. The standard InChI is InChI=1S/C31H47N5O6S/c1-7-32-27(39)33-24-23(21-11-16-35(17-22(21)43-24)28(40)42-29(2,3)4)25(37)34-14-9-20(10-15-34)36-13-8-12-31(19-36)18-30(5,6)41-26(31)38/h20H,7-19H2,1-6H3,(H2,32,33,39). The first kappa shape index (κ1) is 31.6. The lowest BCUT2D eigenvalue weighted by Crippen LogP contribution is -2.53. The quantitative estimate of drug-likeness (QED) is 0.474. The second-order valence-corrected chi connectivity index (χ2v) is 15.2. The number of rotatable bonds is 4. The van der Waals surface area contributed by atoms with Crippen molar-refractivity contribution in [1.29, 1.82) is 0 Å². The Hall–Kier alpha value is -2.86. The highest BCUT2D eigenvalue weighted by atomic mass is 32.1. The van der Waals surface area contributed by atoms with Gasteiger partial charge in [-0.2, -0.15) is 0 Å². The van der Waals surface area contributed by atoms with Crippen LogP contribution >= 0.6 is 11.3 Å². The van der Waals surface area contributed by atoms with Crippen molar-refractivity contribution in [2.24, 2.45) is 5.41 Å². The number of hydrogen-bond acceptors (Lipinski definition) is 8. The van der Waals surface area contributed by atoms with Gasteiger partial charge < -0.3 is 24.6 Å². The van der Waals surface area contributed by atoms with E-state index in [0.717, 1.165) is 55.6 Å². The summed E-state index contributed by atoms with van der Waals surface area (Å²) in [6, 6.07) is -0.0464. The van der Waals surface area contributed by atoms with Crippen LogP contribution < -0.4 is 10.6 Å². The van der Waals surface area contributed by atoms with Crippen LogP contribution in [-0.4, -0.2) is 95.2 Å². The van der Waals surface area contributed by atoms with Gasteiger partial charge in [-0.05, 0) is 85.8 Å². The van der Waals surface area contributed by atoms with E-state index in [1.54, 1.807) is 4.90 Å². The van der Waals surface area contributed by atoms with Crippen LogP contribution in [0.2, 0.25) is 0 Å². The van der Waals surface area contributed by atoms with Crippen LogP contribution in [0, 0.1) is 5.41 Å². The molecule has 0 aliphatic carbocycles. The van der Waals surface area contributed by atoms with Crippen molar-refractivity contribution in [2.75, 3.05) is 44.6 Å². The molecular weight excluding hydrogens is 570 g/mol. The Labute approximate surface area is 258 Å². The maximum absolute atomic E-state index is 14.1. The van der Waals surface area contributed by atoms with Gasteiger partial charge >= 0.3 is 18.1 Å². The molecule has 1 atom stereocenters. The maximum Gasteiger partial charge on any atom is 0.410 e. The molecule has 11 nitrogen and oxygen atoms in total. The number of ether oxygens (including phenoxy) is 2. The minimum atomic E-state index is -0.600. The summed E-state index contributed by atoms with van der Waals surface area (Å²) in [5.41, 5.74) is 0.0123. The number of nitrogens with one attached hydrogen (secondary N) is 2. The molecule has 43 heavy (non-hydrogen) atoms. The molecule has 1 aromatic heterocycles. The summed E-state index contributed by atoms with van der Waals surface area (Å²) in [5.74, 6) is -0.140. The summed E-state index contributed by atoms with van der Waals surface area (Å²) < 4.78 is 11.3. The molecule has 0 saturated carbocycles. The lowest BCUT2D eigenvalue weighted by atomic mass is 9.74. The number of likely N-dealkylation sites (tertiary alicyclic amines) is 2. The van der Waals surface area contributed by atoms with E-state index in [0.29, 0.717) is 55.8 Å². The molecule has 4 aliphatic rings. The zero-order valence-corrected chi connectivity index (χ0v) is 27.3. The van der Waals surface area contributed by atoms with Gasteiger partial charge in [0.1, 0.15) is 16.2 Å². The number of amides is 4.